The van der Waals surface area contributed by atoms with Crippen LogP contribution >= 0.6 is 0 Å². The first-order chi connectivity index (χ1) is 7.63. The third-order valence-electron chi connectivity index (χ3n) is 3.00. The van der Waals surface area contributed by atoms with Gasteiger partial charge in [0.1, 0.15) is 0 Å². The van der Waals surface area contributed by atoms with Gasteiger partial charge in [-0.3, -0.25) is 0 Å². The molecule has 0 aliphatic carbocycles. The van der Waals surface area contributed by atoms with Crippen LogP contribution in [0.5, 0.6) is 11.5 Å². The average molecular weight is 223 g/mol. The Morgan fingerprint density at radius 3 is 2.94 bits per heavy atom. The summed E-state index contributed by atoms with van der Waals surface area (Å²) in [6, 6.07) is 5.18. The van der Waals surface area contributed by atoms with Crippen LogP contribution in [0.4, 0.5) is 0 Å². The number of aliphatic hydroxyl groups is 1. The van der Waals surface area contributed by atoms with Gasteiger partial charge < -0.3 is 20.3 Å². The topological polar surface area (TPSA) is 61.7 Å². The Kier molecular flexibility index (Phi) is 3.03. The molecule has 1 fully saturated rings. The van der Waals surface area contributed by atoms with Crippen molar-refractivity contribution in [2.75, 3.05) is 20.2 Å². The van der Waals surface area contributed by atoms with E-state index in [1.54, 1.807) is 12.1 Å². The summed E-state index contributed by atoms with van der Waals surface area (Å²) in [5.74, 6) is 0.579. The van der Waals surface area contributed by atoms with E-state index in [1.165, 1.54) is 7.11 Å². The first kappa shape index (κ1) is 11.2. The number of methoxy groups -OCH3 is 1. The Morgan fingerprint density at radius 2 is 2.31 bits per heavy atom. The lowest BCUT2D eigenvalue weighted by molar-refractivity contribution is 0.0618. The Morgan fingerprint density at radius 1 is 1.50 bits per heavy atom. The first-order valence-corrected chi connectivity index (χ1v) is 5.42. The van der Waals surface area contributed by atoms with E-state index < -0.39 is 5.60 Å². The van der Waals surface area contributed by atoms with E-state index in [0.717, 1.165) is 18.5 Å². The molecule has 4 heteroatoms. The maximum atomic E-state index is 10.2. The van der Waals surface area contributed by atoms with Crippen LogP contribution in [-0.2, 0) is 6.42 Å². The fraction of sp³-hybridized carbons (Fsp3) is 0.500. The van der Waals surface area contributed by atoms with Gasteiger partial charge in [-0.1, -0.05) is 6.07 Å². The highest BCUT2D eigenvalue weighted by molar-refractivity contribution is 5.42. The highest BCUT2D eigenvalue weighted by Crippen LogP contribution is 2.29. The molecule has 4 nitrogen and oxygen atoms in total. The van der Waals surface area contributed by atoms with Gasteiger partial charge >= 0.3 is 0 Å². The molecule has 1 atom stereocenters. The smallest absolute Gasteiger partial charge is 0.160 e. The molecule has 0 spiro atoms. The maximum Gasteiger partial charge on any atom is 0.160 e. The molecular weight excluding hydrogens is 206 g/mol. The van der Waals surface area contributed by atoms with E-state index in [1.807, 2.05) is 6.07 Å². The van der Waals surface area contributed by atoms with Gasteiger partial charge in [0.05, 0.1) is 12.7 Å². The van der Waals surface area contributed by atoms with E-state index in [0.29, 0.717) is 18.7 Å². The SMILES string of the molecule is COc1cc(CC2(O)CCNC2)ccc1O. The highest BCUT2D eigenvalue weighted by Gasteiger charge is 2.31. The van der Waals surface area contributed by atoms with E-state index in [4.69, 9.17) is 4.74 Å². The van der Waals surface area contributed by atoms with Crippen LogP contribution < -0.4 is 10.1 Å². The highest BCUT2D eigenvalue weighted by atomic mass is 16.5. The normalized spacial score (nSPS) is 24.6. The summed E-state index contributed by atoms with van der Waals surface area (Å²) in [6.45, 7) is 1.47. The number of hydrogen-bond acceptors (Lipinski definition) is 4. The molecule has 3 N–H and O–H groups in total. The summed E-state index contributed by atoms with van der Waals surface area (Å²) in [5, 5.41) is 22.8. The van der Waals surface area contributed by atoms with Gasteiger partial charge in [0, 0.05) is 13.0 Å². The van der Waals surface area contributed by atoms with E-state index >= 15 is 0 Å². The third kappa shape index (κ3) is 2.28. The fourth-order valence-electron chi connectivity index (χ4n) is 2.09. The zero-order valence-electron chi connectivity index (χ0n) is 9.36. The number of nitrogens with one attached hydrogen (secondary N) is 1. The monoisotopic (exact) mass is 223 g/mol. The van der Waals surface area contributed by atoms with Crippen LogP contribution in [0.25, 0.3) is 0 Å². The number of hydrogen-bond donors (Lipinski definition) is 3. The van der Waals surface area contributed by atoms with Gasteiger partial charge in [0.25, 0.3) is 0 Å². The standard InChI is InChI=1S/C12H17NO3/c1-16-11-6-9(2-3-10(11)14)7-12(15)4-5-13-8-12/h2-3,6,13-15H,4-5,7-8H2,1H3. The summed E-state index contributed by atoms with van der Waals surface area (Å²) in [6.07, 6.45) is 1.34. The van der Waals surface area contributed by atoms with Crippen molar-refractivity contribution < 1.29 is 14.9 Å². The minimum absolute atomic E-state index is 0.128. The van der Waals surface area contributed by atoms with Crippen LogP contribution in [0.2, 0.25) is 0 Å². The molecule has 88 valence electrons. The molecule has 16 heavy (non-hydrogen) atoms. The van der Waals surface area contributed by atoms with Gasteiger partial charge in [0.2, 0.25) is 0 Å². The van der Waals surface area contributed by atoms with Crippen molar-refractivity contribution in [2.45, 2.75) is 18.4 Å². The summed E-state index contributed by atoms with van der Waals surface area (Å²) in [4.78, 5) is 0. The van der Waals surface area contributed by atoms with E-state index in [-0.39, 0.29) is 5.75 Å². The molecule has 1 saturated heterocycles. The van der Waals surface area contributed by atoms with Gasteiger partial charge in [-0.2, -0.15) is 0 Å². The van der Waals surface area contributed by atoms with Crippen LogP contribution in [0.15, 0.2) is 18.2 Å². The minimum atomic E-state index is -0.665. The molecule has 0 bridgehead atoms. The van der Waals surface area contributed by atoms with Gasteiger partial charge in [-0.25, -0.2) is 0 Å². The lowest BCUT2D eigenvalue weighted by atomic mass is 9.93. The zero-order valence-corrected chi connectivity index (χ0v) is 9.36. The lowest BCUT2D eigenvalue weighted by Gasteiger charge is -2.21. The van der Waals surface area contributed by atoms with E-state index in [9.17, 15) is 10.2 Å². The van der Waals surface area contributed by atoms with Crippen molar-refractivity contribution in [3.05, 3.63) is 23.8 Å². The van der Waals surface area contributed by atoms with Crippen molar-refractivity contribution in [1.82, 2.24) is 5.32 Å². The second-order valence-corrected chi connectivity index (χ2v) is 4.33. The van der Waals surface area contributed by atoms with Crippen LogP contribution in [0.3, 0.4) is 0 Å². The molecule has 2 rings (SSSR count). The number of rotatable bonds is 3. The largest absolute Gasteiger partial charge is 0.504 e. The van der Waals surface area contributed by atoms with E-state index in [2.05, 4.69) is 5.32 Å². The molecule has 1 aliphatic rings. The van der Waals surface area contributed by atoms with Gasteiger partial charge in [0.15, 0.2) is 11.5 Å². The minimum Gasteiger partial charge on any atom is -0.504 e. The number of phenolic OH excluding ortho intramolecular Hbond substituents is 1. The van der Waals surface area contributed by atoms with Crippen LogP contribution in [0, 0.1) is 0 Å². The molecule has 1 heterocycles. The summed E-state index contributed by atoms with van der Waals surface area (Å²) < 4.78 is 5.04. The Bertz CT molecular complexity index is 373. The molecule has 1 unspecified atom stereocenters. The van der Waals surface area contributed by atoms with Crippen molar-refractivity contribution in [3.63, 3.8) is 0 Å². The van der Waals surface area contributed by atoms with Crippen molar-refractivity contribution in [1.29, 1.82) is 0 Å². The predicted octanol–water partition coefficient (Wildman–Crippen LogP) is 0.668. The van der Waals surface area contributed by atoms with Crippen molar-refractivity contribution in [2.24, 2.45) is 0 Å². The number of benzene rings is 1. The summed E-state index contributed by atoms with van der Waals surface area (Å²) >= 11 is 0. The first-order valence-electron chi connectivity index (χ1n) is 5.42. The molecule has 0 aromatic heterocycles. The third-order valence-corrected chi connectivity index (χ3v) is 3.00. The Hall–Kier alpha value is -1.26. The Labute approximate surface area is 94.9 Å². The number of aromatic hydroxyl groups is 1. The van der Waals surface area contributed by atoms with Crippen molar-refractivity contribution >= 4 is 0 Å². The molecule has 0 amide bonds. The molecule has 1 aromatic rings. The predicted molar refractivity (Wildman–Crippen MR) is 60.8 cm³/mol. The van der Waals surface area contributed by atoms with Gasteiger partial charge in [-0.05, 0) is 30.7 Å². The lowest BCUT2D eigenvalue weighted by Crippen LogP contribution is -2.33. The molecular formula is C12H17NO3. The van der Waals surface area contributed by atoms with Crippen molar-refractivity contribution in [3.8, 4) is 11.5 Å². The van der Waals surface area contributed by atoms with Crippen LogP contribution in [-0.4, -0.2) is 36.0 Å². The second kappa shape index (κ2) is 4.31. The number of phenols is 1. The second-order valence-electron chi connectivity index (χ2n) is 4.33. The molecule has 1 aliphatic heterocycles. The van der Waals surface area contributed by atoms with Gasteiger partial charge in [-0.15, -0.1) is 0 Å². The number of β-amino-alcohol motifs (C(OH)–C–C–N with tert-alkyl or cyclic N) is 1. The number of ether oxygens (including phenoxy) is 1. The summed E-state index contributed by atoms with van der Waals surface area (Å²) in [5.41, 5.74) is 0.308. The molecule has 1 aromatic carbocycles. The molecule has 0 saturated carbocycles. The quantitative estimate of drug-likeness (QED) is 0.704. The van der Waals surface area contributed by atoms with Crippen LogP contribution in [0.1, 0.15) is 12.0 Å². The maximum absolute atomic E-state index is 10.2. The fourth-order valence-corrected chi connectivity index (χ4v) is 2.09. The summed E-state index contributed by atoms with van der Waals surface area (Å²) in [7, 11) is 1.52. The zero-order chi connectivity index (χ0) is 11.6. The Balaban J connectivity index is 2.15. The average Bonchev–Trinajstić information content (AvgIpc) is 2.68. The molecule has 0 radical (unpaired) electrons.